The first kappa shape index (κ1) is 23.0. The van der Waals surface area contributed by atoms with E-state index in [9.17, 15) is 22.8 Å². The number of benzene rings is 2. The number of ether oxygens (including phenoxy) is 2. The third-order valence-corrected chi connectivity index (χ3v) is 5.95. The molecule has 9 nitrogen and oxygen atoms in total. The summed E-state index contributed by atoms with van der Waals surface area (Å²) < 4.78 is 53.0. The lowest BCUT2D eigenvalue weighted by atomic mass is 10.0. The van der Waals surface area contributed by atoms with Gasteiger partial charge in [0.15, 0.2) is 17.7 Å². The van der Waals surface area contributed by atoms with Crippen molar-refractivity contribution in [3.05, 3.63) is 53.3 Å². The Hall–Kier alpha value is -3.80. The second kappa shape index (κ2) is 9.10. The van der Waals surface area contributed by atoms with Crippen LogP contribution < -0.4 is 14.8 Å². The minimum Gasteiger partial charge on any atom is -0.484 e. The van der Waals surface area contributed by atoms with E-state index < -0.39 is 47.6 Å². The van der Waals surface area contributed by atoms with Crippen LogP contribution in [-0.4, -0.2) is 65.1 Å². The van der Waals surface area contributed by atoms with Gasteiger partial charge in [-0.05, 0) is 17.7 Å². The largest absolute Gasteiger partial charge is 0.484 e. The highest BCUT2D eigenvalue weighted by Crippen LogP contribution is 2.37. The molecule has 1 unspecified atom stereocenters. The molecule has 35 heavy (non-hydrogen) atoms. The average molecular weight is 490 g/mol. The van der Waals surface area contributed by atoms with Gasteiger partial charge in [0.2, 0.25) is 0 Å². The molecule has 0 saturated carbocycles. The van der Waals surface area contributed by atoms with Gasteiger partial charge in [0.05, 0.1) is 24.8 Å². The number of urea groups is 1. The SMILES string of the molecule is O=C1Nc2cc(OC3CN(C(=O)N4N=CC[C@H]4c4cc(F)cc(F)c4)C3)c(F)cc2OC1CCO. The van der Waals surface area contributed by atoms with Gasteiger partial charge >= 0.3 is 6.03 Å². The maximum Gasteiger partial charge on any atom is 0.341 e. The summed E-state index contributed by atoms with van der Waals surface area (Å²) in [6.45, 7) is 0.0384. The first-order chi connectivity index (χ1) is 16.8. The van der Waals surface area contributed by atoms with Crippen molar-refractivity contribution in [3.63, 3.8) is 0 Å². The number of aliphatic hydroxyl groups is 1. The van der Waals surface area contributed by atoms with E-state index in [0.29, 0.717) is 12.0 Å². The van der Waals surface area contributed by atoms with E-state index in [4.69, 9.17) is 14.6 Å². The number of carbonyl (C=O) groups excluding carboxylic acids is 2. The molecule has 2 aromatic carbocycles. The van der Waals surface area contributed by atoms with E-state index in [0.717, 1.165) is 24.3 Å². The number of halogens is 3. The highest BCUT2D eigenvalue weighted by Gasteiger charge is 2.39. The molecule has 0 bridgehead atoms. The zero-order valence-electron chi connectivity index (χ0n) is 18.3. The number of likely N-dealkylation sites (tertiary alicyclic amines) is 1. The standard InChI is InChI=1S/C23H21F3N4O5/c24-13-5-12(6-14(25)7-13)18-1-3-27-30(18)23(33)29-10-15(11-29)34-20-9-17-21(8-16(20)26)35-19(2-4-31)22(32)28-17/h3,5-9,15,18-19,31H,1-2,4,10-11H2,(H,28,32)/t18-,19?/m0/s1. The van der Waals surface area contributed by atoms with Crippen molar-refractivity contribution in [2.45, 2.75) is 31.1 Å². The number of nitrogens with zero attached hydrogens (tertiary/aromatic N) is 3. The minimum absolute atomic E-state index is 0.0765. The van der Waals surface area contributed by atoms with Crippen molar-refractivity contribution in [2.24, 2.45) is 5.10 Å². The number of aliphatic hydroxyl groups excluding tert-OH is 1. The van der Waals surface area contributed by atoms with Gasteiger partial charge in [-0.3, -0.25) is 4.79 Å². The molecule has 2 atom stereocenters. The van der Waals surface area contributed by atoms with E-state index in [1.165, 1.54) is 22.2 Å². The van der Waals surface area contributed by atoms with Gasteiger partial charge in [0.1, 0.15) is 23.5 Å². The normalized spacial score (nSPS) is 21.3. The number of hydrogen-bond donors (Lipinski definition) is 2. The summed E-state index contributed by atoms with van der Waals surface area (Å²) in [5, 5.41) is 16.8. The minimum atomic E-state index is -0.911. The Labute approximate surface area is 197 Å². The van der Waals surface area contributed by atoms with E-state index in [2.05, 4.69) is 10.4 Å². The summed E-state index contributed by atoms with van der Waals surface area (Å²) in [6, 6.07) is 4.39. The Morgan fingerprint density at radius 3 is 2.63 bits per heavy atom. The van der Waals surface area contributed by atoms with Gasteiger partial charge in [-0.25, -0.2) is 23.0 Å². The topological polar surface area (TPSA) is 104 Å². The lowest BCUT2D eigenvalue weighted by Crippen LogP contribution is -2.58. The fourth-order valence-electron chi connectivity index (χ4n) is 4.18. The van der Waals surface area contributed by atoms with Crippen LogP contribution in [0.15, 0.2) is 35.4 Å². The lowest BCUT2D eigenvalue weighted by Gasteiger charge is -2.41. The second-order valence-electron chi connectivity index (χ2n) is 8.41. The molecule has 5 rings (SSSR count). The summed E-state index contributed by atoms with van der Waals surface area (Å²) in [5.74, 6) is -2.63. The number of fused-ring (bicyclic) bond motifs is 1. The quantitative estimate of drug-likeness (QED) is 0.671. The molecule has 184 valence electrons. The highest BCUT2D eigenvalue weighted by molar-refractivity contribution is 5.98. The molecule has 0 aromatic heterocycles. The molecule has 2 N–H and O–H groups in total. The van der Waals surface area contributed by atoms with E-state index >= 15 is 0 Å². The van der Waals surface area contributed by atoms with Gasteiger partial charge in [0.25, 0.3) is 5.91 Å². The van der Waals surface area contributed by atoms with Crippen LogP contribution in [0.2, 0.25) is 0 Å². The van der Waals surface area contributed by atoms with Crippen LogP contribution >= 0.6 is 0 Å². The van der Waals surface area contributed by atoms with Crippen LogP contribution in [0.5, 0.6) is 11.5 Å². The Kier molecular flexibility index (Phi) is 5.97. The number of carbonyl (C=O) groups is 2. The van der Waals surface area contributed by atoms with Gasteiger partial charge < -0.3 is 24.8 Å². The Bertz CT molecular complexity index is 1180. The highest BCUT2D eigenvalue weighted by atomic mass is 19.1. The van der Waals surface area contributed by atoms with Crippen LogP contribution in [0.3, 0.4) is 0 Å². The zero-order valence-corrected chi connectivity index (χ0v) is 18.3. The molecule has 0 spiro atoms. The predicted molar refractivity (Wildman–Crippen MR) is 117 cm³/mol. The number of anilines is 1. The van der Waals surface area contributed by atoms with Crippen LogP contribution in [0.25, 0.3) is 0 Å². The van der Waals surface area contributed by atoms with Crippen molar-refractivity contribution in [1.29, 1.82) is 0 Å². The molecular formula is C23H21F3N4O5. The van der Waals surface area contributed by atoms with E-state index in [-0.39, 0.29) is 43.3 Å². The molecule has 1 saturated heterocycles. The maximum absolute atomic E-state index is 14.6. The molecule has 2 aromatic rings. The fraction of sp³-hybridized carbons (Fsp3) is 0.348. The molecule has 0 aliphatic carbocycles. The maximum atomic E-state index is 14.6. The molecular weight excluding hydrogens is 469 g/mol. The summed E-state index contributed by atoms with van der Waals surface area (Å²) in [6.07, 6.45) is 0.475. The third kappa shape index (κ3) is 4.48. The van der Waals surface area contributed by atoms with Gasteiger partial charge in [0, 0.05) is 43.9 Å². The van der Waals surface area contributed by atoms with Crippen LogP contribution in [0.1, 0.15) is 24.4 Å². The third-order valence-electron chi connectivity index (χ3n) is 5.95. The van der Waals surface area contributed by atoms with Crippen LogP contribution in [0.4, 0.5) is 23.7 Å². The number of amides is 3. The molecule has 1 fully saturated rings. The van der Waals surface area contributed by atoms with Gasteiger partial charge in [-0.2, -0.15) is 5.10 Å². The molecule has 3 aliphatic rings. The molecule has 3 heterocycles. The monoisotopic (exact) mass is 490 g/mol. The average Bonchev–Trinajstić information content (AvgIpc) is 3.26. The number of rotatable bonds is 5. The van der Waals surface area contributed by atoms with Gasteiger partial charge in [-0.15, -0.1) is 0 Å². The molecule has 3 aliphatic heterocycles. The Morgan fingerprint density at radius 2 is 1.91 bits per heavy atom. The molecule has 0 radical (unpaired) electrons. The van der Waals surface area contributed by atoms with Crippen molar-refractivity contribution < 1.29 is 37.3 Å². The van der Waals surface area contributed by atoms with Gasteiger partial charge in [-0.1, -0.05) is 0 Å². The fourth-order valence-corrected chi connectivity index (χ4v) is 4.18. The summed E-state index contributed by atoms with van der Waals surface area (Å²) >= 11 is 0. The van der Waals surface area contributed by atoms with Crippen LogP contribution in [-0.2, 0) is 4.79 Å². The first-order valence-electron chi connectivity index (χ1n) is 11.0. The Balaban J connectivity index is 1.21. The van der Waals surface area contributed by atoms with Crippen molar-refractivity contribution in [1.82, 2.24) is 9.91 Å². The lowest BCUT2D eigenvalue weighted by molar-refractivity contribution is -0.124. The molecule has 3 amide bonds. The van der Waals surface area contributed by atoms with Crippen molar-refractivity contribution >= 4 is 23.8 Å². The number of hydrazone groups is 1. The number of hydrogen-bond acceptors (Lipinski definition) is 6. The van der Waals surface area contributed by atoms with E-state index in [1.54, 1.807) is 0 Å². The smallest absolute Gasteiger partial charge is 0.341 e. The Morgan fingerprint density at radius 1 is 1.17 bits per heavy atom. The predicted octanol–water partition coefficient (Wildman–Crippen LogP) is 2.80. The van der Waals surface area contributed by atoms with E-state index in [1.807, 2.05) is 0 Å². The summed E-state index contributed by atoms with van der Waals surface area (Å²) in [4.78, 5) is 26.4. The zero-order chi connectivity index (χ0) is 24.7. The molecule has 12 heteroatoms. The second-order valence-corrected chi connectivity index (χ2v) is 8.41. The van der Waals surface area contributed by atoms with Crippen molar-refractivity contribution in [3.8, 4) is 11.5 Å². The first-order valence-corrected chi connectivity index (χ1v) is 11.0. The van der Waals surface area contributed by atoms with Crippen molar-refractivity contribution in [2.75, 3.05) is 25.0 Å². The van der Waals surface area contributed by atoms with Crippen LogP contribution in [0, 0.1) is 17.5 Å². The summed E-state index contributed by atoms with van der Waals surface area (Å²) in [7, 11) is 0. The number of nitrogens with one attached hydrogen (secondary N) is 1. The summed E-state index contributed by atoms with van der Waals surface area (Å²) in [5.41, 5.74) is 0.535.